The van der Waals surface area contributed by atoms with Crippen molar-refractivity contribution in [1.82, 2.24) is 0 Å². The van der Waals surface area contributed by atoms with Gasteiger partial charge in [0.15, 0.2) is 6.29 Å². The number of hydrogen-bond donors (Lipinski definition) is 0. The van der Waals surface area contributed by atoms with Gasteiger partial charge in [-0.3, -0.25) is 0 Å². The zero-order chi connectivity index (χ0) is 13.2. The second-order valence-electron chi connectivity index (χ2n) is 4.39. The predicted octanol–water partition coefficient (Wildman–Crippen LogP) is 4.52. The number of alkyl halides is 1. The Kier molecular flexibility index (Phi) is 8.31. The van der Waals surface area contributed by atoms with E-state index >= 15 is 0 Å². The quantitative estimate of drug-likeness (QED) is 0.493. The number of hydrogen-bond acceptors (Lipinski definition) is 2. The fraction of sp³-hybridized carbons (Fsp3) is 0.600. The largest absolute Gasteiger partial charge is 0.350 e. The summed E-state index contributed by atoms with van der Waals surface area (Å²) in [6, 6.07) is 10.2. The summed E-state index contributed by atoms with van der Waals surface area (Å²) in [6.07, 6.45) is 3.40. The highest BCUT2D eigenvalue weighted by atomic mass is 79.9. The zero-order valence-electron chi connectivity index (χ0n) is 11.3. The molecule has 2 nitrogen and oxygen atoms in total. The maximum atomic E-state index is 5.90. The van der Waals surface area contributed by atoms with Crippen molar-refractivity contribution in [2.45, 2.75) is 52.1 Å². The lowest BCUT2D eigenvalue weighted by Gasteiger charge is -2.21. The van der Waals surface area contributed by atoms with Gasteiger partial charge in [0.2, 0.25) is 0 Å². The van der Waals surface area contributed by atoms with E-state index in [1.807, 2.05) is 25.1 Å². The molecule has 2 atom stereocenters. The lowest BCUT2D eigenvalue weighted by molar-refractivity contribution is -0.167. The van der Waals surface area contributed by atoms with E-state index in [2.05, 4.69) is 35.0 Å². The first kappa shape index (κ1) is 15.7. The van der Waals surface area contributed by atoms with Crippen molar-refractivity contribution < 1.29 is 9.47 Å². The Morgan fingerprint density at radius 2 is 1.89 bits per heavy atom. The molecule has 0 N–H and O–H groups in total. The lowest BCUT2D eigenvalue weighted by Crippen LogP contribution is -2.22. The van der Waals surface area contributed by atoms with Crippen LogP contribution in [0.5, 0.6) is 0 Å². The molecule has 0 bridgehead atoms. The summed E-state index contributed by atoms with van der Waals surface area (Å²) in [5, 5.41) is 0.975. The smallest absolute Gasteiger partial charge is 0.155 e. The van der Waals surface area contributed by atoms with Crippen molar-refractivity contribution >= 4 is 15.9 Å². The predicted molar refractivity (Wildman–Crippen MR) is 78.9 cm³/mol. The van der Waals surface area contributed by atoms with E-state index in [9.17, 15) is 0 Å². The molecule has 0 aromatic heterocycles. The van der Waals surface area contributed by atoms with Crippen LogP contribution >= 0.6 is 15.9 Å². The Morgan fingerprint density at radius 1 is 1.17 bits per heavy atom. The third kappa shape index (κ3) is 6.53. The zero-order valence-corrected chi connectivity index (χ0v) is 12.9. The molecule has 0 heterocycles. The Morgan fingerprint density at radius 3 is 2.50 bits per heavy atom. The highest BCUT2D eigenvalue weighted by Crippen LogP contribution is 2.13. The van der Waals surface area contributed by atoms with E-state index in [0.29, 0.717) is 12.7 Å². The van der Waals surface area contributed by atoms with Crippen LogP contribution in [0.2, 0.25) is 0 Å². The highest BCUT2D eigenvalue weighted by Gasteiger charge is 2.12. The number of rotatable bonds is 9. The molecular weight excluding hydrogens is 292 g/mol. The van der Waals surface area contributed by atoms with Crippen molar-refractivity contribution in [2.24, 2.45) is 0 Å². The van der Waals surface area contributed by atoms with E-state index in [1.54, 1.807) is 0 Å². The highest BCUT2D eigenvalue weighted by molar-refractivity contribution is 9.09. The molecule has 2 unspecified atom stereocenters. The molecular formula is C15H23BrO2. The van der Waals surface area contributed by atoms with Gasteiger partial charge in [0.1, 0.15) is 0 Å². The summed E-state index contributed by atoms with van der Waals surface area (Å²) < 4.78 is 11.6. The van der Waals surface area contributed by atoms with Crippen LogP contribution in [0, 0.1) is 0 Å². The third-order valence-corrected chi connectivity index (χ3v) is 3.21. The van der Waals surface area contributed by atoms with Gasteiger partial charge < -0.3 is 9.47 Å². The number of benzene rings is 1. The second-order valence-corrected chi connectivity index (χ2v) is 5.18. The molecule has 3 heteroatoms. The first-order valence-electron chi connectivity index (χ1n) is 6.63. The molecule has 0 fully saturated rings. The van der Waals surface area contributed by atoms with Gasteiger partial charge in [0.05, 0.1) is 12.7 Å². The first-order chi connectivity index (χ1) is 8.76. The standard InChI is InChI=1S/C15H23BrO2/c1-3-7-15(10-11-16)18-13(2)17-12-14-8-5-4-6-9-14/h4-6,8-9,13,15H,3,7,10-12H2,1-2H3. The SMILES string of the molecule is CCCC(CCBr)OC(C)OCc1ccccc1. The van der Waals surface area contributed by atoms with Gasteiger partial charge in [0.25, 0.3) is 0 Å². The molecule has 0 aliphatic rings. The third-order valence-electron chi connectivity index (χ3n) is 2.75. The molecule has 0 amide bonds. The summed E-state index contributed by atoms with van der Waals surface area (Å²) >= 11 is 3.46. The number of ether oxygens (including phenoxy) is 2. The van der Waals surface area contributed by atoms with Gasteiger partial charge >= 0.3 is 0 Å². The molecule has 1 aromatic carbocycles. The Labute approximate surface area is 119 Å². The molecule has 102 valence electrons. The van der Waals surface area contributed by atoms with Gasteiger partial charge in [0, 0.05) is 5.33 Å². The second kappa shape index (κ2) is 9.54. The molecule has 18 heavy (non-hydrogen) atoms. The Bertz CT molecular complexity index is 297. The lowest BCUT2D eigenvalue weighted by atomic mass is 10.1. The van der Waals surface area contributed by atoms with Crippen molar-refractivity contribution in [3.8, 4) is 0 Å². The van der Waals surface area contributed by atoms with Crippen molar-refractivity contribution in [2.75, 3.05) is 5.33 Å². The van der Waals surface area contributed by atoms with Crippen molar-refractivity contribution in [1.29, 1.82) is 0 Å². The Hall–Kier alpha value is -0.380. The van der Waals surface area contributed by atoms with E-state index in [-0.39, 0.29) is 6.29 Å². The summed E-state index contributed by atoms with van der Waals surface area (Å²) in [6.45, 7) is 4.76. The molecule has 0 radical (unpaired) electrons. The van der Waals surface area contributed by atoms with E-state index < -0.39 is 0 Å². The van der Waals surface area contributed by atoms with E-state index in [1.165, 1.54) is 5.56 Å². The maximum Gasteiger partial charge on any atom is 0.155 e. The van der Waals surface area contributed by atoms with Crippen LogP contribution in [0.4, 0.5) is 0 Å². The van der Waals surface area contributed by atoms with Gasteiger partial charge in [-0.1, -0.05) is 59.6 Å². The maximum absolute atomic E-state index is 5.90. The van der Waals surface area contributed by atoms with Crippen LogP contribution in [0.1, 0.15) is 38.7 Å². The minimum absolute atomic E-state index is 0.152. The van der Waals surface area contributed by atoms with Gasteiger partial charge in [-0.15, -0.1) is 0 Å². The van der Waals surface area contributed by atoms with Gasteiger partial charge in [-0.05, 0) is 25.3 Å². The topological polar surface area (TPSA) is 18.5 Å². The van der Waals surface area contributed by atoms with Crippen LogP contribution in [-0.2, 0) is 16.1 Å². The Balaban J connectivity index is 2.29. The van der Waals surface area contributed by atoms with Crippen LogP contribution in [0.25, 0.3) is 0 Å². The molecule has 1 rings (SSSR count). The molecule has 0 aliphatic heterocycles. The van der Waals surface area contributed by atoms with Crippen LogP contribution in [-0.4, -0.2) is 17.7 Å². The normalized spacial score (nSPS) is 14.4. The molecule has 1 aromatic rings. The van der Waals surface area contributed by atoms with E-state index in [4.69, 9.17) is 9.47 Å². The van der Waals surface area contributed by atoms with Crippen LogP contribution < -0.4 is 0 Å². The minimum Gasteiger partial charge on any atom is -0.350 e. The molecule has 0 saturated heterocycles. The van der Waals surface area contributed by atoms with E-state index in [0.717, 1.165) is 24.6 Å². The average Bonchev–Trinajstić information content (AvgIpc) is 2.38. The molecule has 0 spiro atoms. The van der Waals surface area contributed by atoms with Crippen molar-refractivity contribution in [3.05, 3.63) is 35.9 Å². The van der Waals surface area contributed by atoms with Crippen molar-refractivity contribution in [3.63, 3.8) is 0 Å². The summed E-state index contributed by atoms with van der Waals surface area (Å²) in [4.78, 5) is 0. The fourth-order valence-corrected chi connectivity index (χ4v) is 2.33. The van der Waals surface area contributed by atoms with Gasteiger partial charge in [-0.25, -0.2) is 0 Å². The van der Waals surface area contributed by atoms with Gasteiger partial charge in [-0.2, -0.15) is 0 Å². The first-order valence-corrected chi connectivity index (χ1v) is 7.75. The summed E-state index contributed by atoms with van der Waals surface area (Å²) in [5.74, 6) is 0. The molecule has 0 aliphatic carbocycles. The summed E-state index contributed by atoms with van der Waals surface area (Å²) in [7, 11) is 0. The molecule has 0 saturated carbocycles. The minimum atomic E-state index is -0.152. The fourth-order valence-electron chi connectivity index (χ4n) is 1.82. The average molecular weight is 315 g/mol. The van der Waals surface area contributed by atoms with Crippen LogP contribution in [0.15, 0.2) is 30.3 Å². The summed E-state index contributed by atoms with van der Waals surface area (Å²) in [5.41, 5.74) is 1.18. The monoisotopic (exact) mass is 314 g/mol. The number of halogens is 1. The van der Waals surface area contributed by atoms with Crippen LogP contribution in [0.3, 0.4) is 0 Å².